The van der Waals surface area contributed by atoms with Crippen LogP contribution in [0.1, 0.15) is 168 Å². The van der Waals surface area contributed by atoms with Gasteiger partial charge in [0, 0.05) is 12.8 Å². The van der Waals surface area contributed by atoms with Crippen molar-refractivity contribution in [2.75, 3.05) is 26.4 Å². The van der Waals surface area contributed by atoms with Gasteiger partial charge in [-0.3, -0.25) is 9.59 Å². The average molecular weight is 915 g/mol. The van der Waals surface area contributed by atoms with Gasteiger partial charge in [-0.05, 0) is 70.6 Å². The second kappa shape index (κ2) is 36.8. The fourth-order valence-corrected chi connectivity index (χ4v) is 7.48. The number of ether oxygens (including phenoxy) is 6. The lowest BCUT2D eigenvalue weighted by atomic mass is 9.98. The van der Waals surface area contributed by atoms with Crippen LogP contribution in [-0.4, -0.2) is 142 Å². The minimum absolute atomic E-state index is 0.138. The Morgan fingerprint density at radius 1 is 0.500 bits per heavy atom. The first-order chi connectivity index (χ1) is 31.0. The molecule has 0 aromatic carbocycles. The second-order valence-corrected chi connectivity index (χ2v) is 17.3. The van der Waals surface area contributed by atoms with E-state index in [1.807, 2.05) is 0 Å². The van der Waals surface area contributed by atoms with E-state index in [1.54, 1.807) is 0 Å². The molecule has 2 heterocycles. The molecule has 2 fully saturated rings. The van der Waals surface area contributed by atoms with Crippen molar-refractivity contribution in [2.24, 2.45) is 0 Å². The van der Waals surface area contributed by atoms with Crippen molar-refractivity contribution < 1.29 is 73.8 Å². The summed E-state index contributed by atoms with van der Waals surface area (Å²) in [6.07, 6.45) is 20.4. The quantitative estimate of drug-likeness (QED) is 0.0211. The lowest BCUT2D eigenvalue weighted by Crippen LogP contribution is -2.61. The van der Waals surface area contributed by atoms with Gasteiger partial charge in [0.2, 0.25) is 0 Å². The van der Waals surface area contributed by atoms with Crippen LogP contribution in [0.25, 0.3) is 0 Å². The van der Waals surface area contributed by atoms with Gasteiger partial charge in [0.1, 0.15) is 55.4 Å². The van der Waals surface area contributed by atoms with E-state index in [2.05, 4.69) is 50.3 Å². The zero-order valence-corrected chi connectivity index (χ0v) is 39.0. The van der Waals surface area contributed by atoms with Crippen LogP contribution >= 0.6 is 0 Å². The standard InChI is InChI=1S/C49H86O15/c1-3-5-7-9-11-13-15-17-18-20-21-23-25-27-29-31-40(51)59-34-37(62-41(52)32-30-28-26-24-22-19-16-14-12-10-8-6-4-2)35-60-48-47(58)45(56)43(54)39(64-48)36-61-49-46(57)44(55)42(53)38(33-50)63-49/h17-19,21-23,37-39,42-50,53-58H,3-16,20,24-36H2,1-2H3/b18-17+,22-19+,23-21+/t37-,38-,39-,42+,43+,44?,45?,46?,47?,48-,49-/m1/s1. The second-order valence-electron chi connectivity index (χ2n) is 17.3. The van der Waals surface area contributed by atoms with E-state index in [4.69, 9.17) is 28.4 Å². The summed E-state index contributed by atoms with van der Waals surface area (Å²) in [5.74, 6) is -0.983. The van der Waals surface area contributed by atoms with Gasteiger partial charge in [0.05, 0.1) is 19.8 Å². The Bertz CT molecular complexity index is 1260. The largest absolute Gasteiger partial charge is 0.462 e. The lowest BCUT2D eigenvalue weighted by molar-refractivity contribution is -0.332. The number of hydrogen-bond donors (Lipinski definition) is 7. The molecule has 0 saturated carbocycles. The predicted molar refractivity (Wildman–Crippen MR) is 243 cm³/mol. The molecule has 0 radical (unpaired) electrons. The number of carbonyl (C=O) groups is 2. The third-order valence-corrected chi connectivity index (χ3v) is 11.6. The van der Waals surface area contributed by atoms with E-state index >= 15 is 0 Å². The molecule has 11 atom stereocenters. The summed E-state index contributed by atoms with van der Waals surface area (Å²) >= 11 is 0. The van der Waals surface area contributed by atoms with Crippen LogP contribution in [0.4, 0.5) is 0 Å². The molecule has 0 bridgehead atoms. The zero-order valence-electron chi connectivity index (χ0n) is 39.0. The molecule has 4 unspecified atom stereocenters. The van der Waals surface area contributed by atoms with Crippen LogP contribution in [0.2, 0.25) is 0 Å². The van der Waals surface area contributed by atoms with E-state index < -0.39 is 99.3 Å². The Morgan fingerprint density at radius 3 is 1.50 bits per heavy atom. The smallest absolute Gasteiger partial charge is 0.306 e. The molecule has 0 aromatic heterocycles. The third kappa shape index (κ3) is 25.0. The molecular formula is C49H86O15. The normalized spacial score (nSPS) is 26.9. The highest BCUT2D eigenvalue weighted by Crippen LogP contribution is 2.26. The monoisotopic (exact) mass is 915 g/mol. The molecule has 15 nitrogen and oxygen atoms in total. The molecule has 2 aliphatic heterocycles. The maximum absolute atomic E-state index is 12.9. The third-order valence-electron chi connectivity index (χ3n) is 11.6. The van der Waals surface area contributed by atoms with Crippen molar-refractivity contribution in [3.63, 3.8) is 0 Å². The highest BCUT2D eigenvalue weighted by Gasteiger charge is 2.47. The number of rotatable bonds is 37. The van der Waals surface area contributed by atoms with Crippen LogP contribution in [0.3, 0.4) is 0 Å². The van der Waals surface area contributed by atoms with Gasteiger partial charge in [-0.2, -0.15) is 0 Å². The number of allylic oxidation sites excluding steroid dienone is 6. The summed E-state index contributed by atoms with van der Waals surface area (Å²) in [7, 11) is 0. The first-order valence-electron chi connectivity index (χ1n) is 24.6. The van der Waals surface area contributed by atoms with Crippen LogP contribution in [-0.2, 0) is 38.0 Å². The van der Waals surface area contributed by atoms with Crippen molar-refractivity contribution in [1.82, 2.24) is 0 Å². The van der Waals surface area contributed by atoms with Crippen molar-refractivity contribution >= 4 is 11.9 Å². The first-order valence-corrected chi connectivity index (χ1v) is 24.6. The molecule has 7 N–H and O–H groups in total. The van der Waals surface area contributed by atoms with Crippen LogP contribution in [0.5, 0.6) is 0 Å². The highest BCUT2D eigenvalue weighted by atomic mass is 16.7. The number of hydrogen-bond acceptors (Lipinski definition) is 15. The van der Waals surface area contributed by atoms with Gasteiger partial charge in [-0.15, -0.1) is 0 Å². The number of aliphatic hydroxyl groups is 7. The molecule has 372 valence electrons. The lowest BCUT2D eigenvalue weighted by Gasteiger charge is -2.42. The van der Waals surface area contributed by atoms with E-state index in [1.165, 1.54) is 77.0 Å². The maximum Gasteiger partial charge on any atom is 0.306 e. The van der Waals surface area contributed by atoms with Crippen molar-refractivity contribution in [3.8, 4) is 0 Å². The molecule has 2 saturated heterocycles. The van der Waals surface area contributed by atoms with Crippen LogP contribution in [0.15, 0.2) is 36.5 Å². The summed E-state index contributed by atoms with van der Waals surface area (Å²) in [6, 6.07) is 0. The Morgan fingerprint density at radius 2 is 0.938 bits per heavy atom. The Kier molecular flexibility index (Phi) is 33.3. The summed E-state index contributed by atoms with van der Waals surface area (Å²) in [5, 5.41) is 71.9. The Hall–Kier alpha value is -2.28. The first kappa shape index (κ1) is 57.8. The molecule has 0 aliphatic carbocycles. The van der Waals surface area contributed by atoms with E-state index in [-0.39, 0.29) is 19.4 Å². The van der Waals surface area contributed by atoms with Crippen LogP contribution < -0.4 is 0 Å². The molecule has 2 aliphatic rings. The van der Waals surface area contributed by atoms with Gasteiger partial charge in [0.25, 0.3) is 0 Å². The van der Waals surface area contributed by atoms with Gasteiger partial charge in [-0.1, -0.05) is 121 Å². The number of esters is 2. The summed E-state index contributed by atoms with van der Waals surface area (Å²) in [5.41, 5.74) is 0. The molecule has 2 rings (SSSR count). The summed E-state index contributed by atoms with van der Waals surface area (Å²) < 4.78 is 33.5. The van der Waals surface area contributed by atoms with Crippen molar-refractivity contribution in [1.29, 1.82) is 0 Å². The molecule has 0 aromatic rings. The maximum atomic E-state index is 12.9. The van der Waals surface area contributed by atoms with E-state index in [9.17, 15) is 45.3 Å². The summed E-state index contributed by atoms with van der Waals surface area (Å²) in [6.45, 7) is 2.51. The van der Waals surface area contributed by atoms with Crippen LogP contribution in [0, 0.1) is 0 Å². The Balaban J connectivity index is 1.85. The summed E-state index contributed by atoms with van der Waals surface area (Å²) in [4.78, 5) is 25.7. The van der Waals surface area contributed by atoms with Gasteiger partial charge < -0.3 is 64.2 Å². The minimum Gasteiger partial charge on any atom is -0.462 e. The number of aliphatic hydroxyl groups excluding tert-OH is 7. The molecule has 15 heteroatoms. The van der Waals surface area contributed by atoms with Gasteiger partial charge >= 0.3 is 11.9 Å². The molecule has 64 heavy (non-hydrogen) atoms. The van der Waals surface area contributed by atoms with Crippen molar-refractivity contribution in [3.05, 3.63) is 36.5 Å². The van der Waals surface area contributed by atoms with E-state index in [0.717, 1.165) is 51.4 Å². The predicted octanol–water partition coefficient (Wildman–Crippen LogP) is 6.15. The molecular weight excluding hydrogens is 829 g/mol. The minimum atomic E-state index is -1.77. The average Bonchev–Trinajstić information content (AvgIpc) is 3.29. The van der Waals surface area contributed by atoms with E-state index in [0.29, 0.717) is 12.8 Å². The van der Waals surface area contributed by atoms with Gasteiger partial charge in [-0.25, -0.2) is 0 Å². The van der Waals surface area contributed by atoms with Crippen molar-refractivity contribution in [2.45, 2.75) is 235 Å². The highest BCUT2D eigenvalue weighted by molar-refractivity contribution is 5.70. The SMILES string of the molecule is CCCCCCCC/C=C/C/C=C/CCCCC(=O)OC[C@H](CO[C@@H]1O[C@H](CO[C@@H]2O[C@H](CO)[C@H](O)C(O)C2O)[C@H](O)C(O)C1O)OC(=O)CCCCC/C=C/CCCCCCCC. The number of carbonyl (C=O) groups excluding carboxylic acids is 2. The topological polar surface area (TPSA) is 231 Å². The molecule has 0 spiro atoms. The molecule has 0 amide bonds. The fourth-order valence-electron chi connectivity index (χ4n) is 7.48. The zero-order chi connectivity index (χ0) is 46.8. The van der Waals surface area contributed by atoms with Gasteiger partial charge in [0.15, 0.2) is 18.7 Å². The Labute approximate surface area is 383 Å². The number of unbranched alkanes of at least 4 members (excludes halogenated alkanes) is 17. The fraction of sp³-hybridized carbons (Fsp3) is 0.837.